The molecule has 2 aromatic rings. The number of carbonyl (C=O) groups excluding carboxylic acids is 2. The molecule has 2 unspecified atom stereocenters. The van der Waals surface area contributed by atoms with Gasteiger partial charge in [-0.3, -0.25) is 9.36 Å². The summed E-state index contributed by atoms with van der Waals surface area (Å²) in [4.78, 5) is 36.0. The number of imidazole rings is 1. The summed E-state index contributed by atoms with van der Waals surface area (Å²) in [7, 11) is 0. The third kappa shape index (κ3) is 2.47. The van der Waals surface area contributed by atoms with Crippen LogP contribution in [0, 0.1) is 12.3 Å². The number of nitrogens with zero attached hydrogens (tertiary/aromatic N) is 4. The number of hydrogen-bond acceptors (Lipinski definition) is 6. The zero-order valence-corrected chi connectivity index (χ0v) is 15.7. The second-order valence-electron chi connectivity index (χ2n) is 7.07. The smallest absolute Gasteiger partial charge is 0.335 e. The normalized spacial score (nSPS) is 23.8. The van der Waals surface area contributed by atoms with E-state index in [1.165, 1.54) is 6.40 Å². The van der Waals surface area contributed by atoms with Gasteiger partial charge in [-0.2, -0.15) is 0 Å². The summed E-state index contributed by atoms with van der Waals surface area (Å²) in [6, 6.07) is 4.41. The molecule has 8 nitrogen and oxygen atoms in total. The van der Waals surface area contributed by atoms with Crippen molar-refractivity contribution < 1.29 is 19.1 Å². The number of carbonyl (C=O) groups is 2. The molecule has 0 radical (unpaired) electrons. The van der Waals surface area contributed by atoms with Gasteiger partial charge in [0.2, 0.25) is 0 Å². The summed E-state index contributed by atoms with van der Waals surface area (Å²) < 4.78 is 12.7. The van der Waals surface area contributed by atoms with Crippen LogP contribution in [0.15, 0.2) is 29.5 Å². The van der Waals surface area contributed by atoms with E-state index in [1.807, 2.05) is 10.6 Å². The number of ether oxygens (including phenoxy) is 2. The van der Waals surface area contributed by atoms with Crippen LogP contribution in [0.5, 0.6) is 0 Å². The van der Waals surface area contributed by atoms with Gasteiger partial charge < -0.3 is 14.4 Å². The molecule has 1 saturated heterocycles. The fourth-order valence-electron chi connectivity index (χ4n) is 4.14. The maximum atomic E-state index is 13.1. The van der Waals surface area contributed by atoms with Crippen LogP contribution in [-0.4, -0.2) is 51.9 Å². The highest BCUT2D eigenvalue weighted by molar-refractivity contribution is 5.99. The van der Waals surface area contributed by atoms with Crippen molar-refractivity contribution >= 4 is 18.3 Å². The maximum Gasteiger partial charge on any atom is 0.335 e. The highest BCUT2D eigenvalue weighted by Crippen LogP contribution is 2.44. The van der Waals surface area contributed by atoms with E-state index in [1.54, 1.807) is 30.3 Å². The Morgan fingerprint density at radius 1 is 1.45 bits per heavy atom. The molecule has 0 spiro atoms. The summed E-state index contributed by atoms with van der Waals surface area (Å²) in [5.74, 6) is 2.06. The third-order valence-electron chi connectivity index (χ3n) is 5.60. The van der Waals surface area contributed by atoms with Gasteiger partial charge in [0.25, 0.3) is 5.91 Å². The highest BCUT2D eigenvalue weighted by atomic mass is 16.5. The van der Waals surface area contributed by atoms with Crippen molar-refractivity contribution in [1.29, 1.82) is 0 Å². The molecule has 1 aromatic heterocycles. The van der Waals surface area contributed by atoms with Gasteiger partial charge in [-0.25, -0.2) is 14.8 Å². The van der Waals surface area contributed by atoms with Gasteiger partial charge in [0.05, 0.1) is 35.9 Å². The van der Waals surface area contributed by atoms with Crippen molar-refractivity contribution in [3.8, 4) is 18.0 Å². The topological polar surface area (TPSA) is 86.0 Å². The van der Waals surface area contributed by atoms with Crippen molar-refractivity contribution in [3.63, 3.8) is 0 Å². The first-order chi connectivity index (χ1) is 14.1. The fourth-order valence-corrected chi connectivity index (χ4v) is 4.14. The van der Waals surface area contributed by atoms with E-state index in [9.17, 15) is 9.59 Å². The lowest BCUT2D eigenvalue weighted by Gasteiger charge is -2.40. The van der Waals surface area contributed by atoms with Crippen molar-refractivity contribution in [2.45, 2.75) is 31.5 Å². The van der Waals surface area contributed by atoms with E-state index in [2.05, 4.69) is 15.9 Å². The zero-order valence-electron chi connectivity index (χ0n) is 15.7. The van der Waals surface area contributed by atoms with Crippen LogP contribution in [0.1, 0.15) is 52.8 Å². The minimum absolute atomic E-state index is 0.0615. The molecule has 0 bridgehead atoms. The maximum absolute atomic E-state index is 13.1. The molecule has 29 heavy (non-hydrogen) atoms. The first-order valence-corrected chi connectivity index (χ1v) is 9.47. The number of rotatable bonds is 3. The first-order valence-electron chi connectivity index (χ1n) is 9.47. The molecule has 1 amide bonds. The molecule has 1 fully saturated rings. The number of aliphatic imine (C=N–C) groups is 1. The molecule has 5 rings (SSSR count). The lowest BCUT2D eigenvalue weighted by molar-refractivity contribution is -0.146. The Labute approximate surface area is 167 Å². The number of aromatic nitrogens is 2. The molecule has 3 aliphatic heterocycles. The van der Waals surface area contributed by atoms with Crippen LogP contribution in [0.25, 0.3) is 5.69 Å². The SMILES string of the molecule is C#Cc1ccc2c(c1)C(=O)N1CC[C@H]1c1c(C3OC=NC3C(=O)OCC)ncn1-2. The van der Waals surface area contributed by atoms with Crippen molar-refractivity contribution in [2.75, 3.05) is 13.2 Å². The van der Waals surface area contributed by atoms with Crippen LogP contribution < -0.4 is 0 Å². The predicted octanol–water partition coefficient (Wildman–Crippen LogP) is 1.79. The number of terminal acetylenes is 1. The standard InChI is InChI=1S/C21H18N4O4/c1-3-12-5-6-14-13(9-12)20(26)24-8-7-15(24)18-16(22-10-25(14)18)19-17(23-11-29-19)21(27)28-4-2/h1,5-6,9-11,15,17,19H,4,7-8H2,2H3/t15-,17?,19?/m0/s1. The Bertz CT molecular complexity index is 1100. The van der Waals surface area contributed by atoms with Gasteiger partial charge in [-0.15, -0.1) is 6.42 Å². The van der Waals surface area contributed by atoms with Crippen LogP contribution in [0.2, 0.25) is 0 Å². The number of esters is 1. The summed E-state index contributed by atoms with van der Waals surface area (Å²) in [6.45, 7) is 2.65. The van der Waals surface area contributed by atoms with E-state index >= 15 is 0 Å². The highest BCUT2D eigenvalue weighted by Gasteiger charge is 2.46. The third-order valence-corrected chi connectivity index (χ3v) is 5.60. The molecular formula is C21H18N4O4. The second-order valence-corrected chi connectivity index (χ2v) is 7.07. The number of benzene rings is 1. The van der Waals surface area contributed by atoms with E-state index in [0.717, 1.165) is 12.1 Å². The lowest BCUT2D eigenvalue weighted by atomic mass is 9.94. The monoisotopic (exact) mass is 390 g/mol. The average molecular weight is 390 g/mol. The lowest BCUT2D eigenvalue weighted by Crippen LogP contribution is -2.45. The molecule has 3 atom stereocenters. The van der Waals surface area contributed by atoms with Gasteiger partial charge in [0, 0.05) is 12.1 Å². The van der Waals surface area contributed by atoms with Crippen LogP contribution >= 0.6 is 0 Å². The average Bonchev–Trinajstić information content (AvgIpc) is 3.32. The van der Waals surface area contributed by atoms with Gasteiger partial charge in [0.1, 0.15) is 5.69 Å². The number of amides is 1. The van der Waals surface area contributed by atoms with Crippen LogP contribution in [-0.2, 0) is 14.3 Å². The second kappa shape index (κ2) is 6.48. The first kappa shape index (κ1) is 17.5. The van der Waals surface area contributed by atoms with E-state index in [4.69, 9.17) is 15.9 Å². The molecule has 3 aliphatic rings. The summed E-state index contributed by atoms with van der Waals surface area (Å²) in [5.41, 5.74) is 3.33. The Hall–Kier alpha value is -3.60. The quantitative estimate of drug-likeness (QED) is 0.589. The van der Waals surface area contributed by atoms with Gasteiger partial charge in [0.15, 0.2) is 18.5 Å². The Morgan fingerprint density at radius 3 is 3.03 bits per heavy atom. The summed E-state index contributed by atoms with van der Waals surface area (Å²) >= 11 is 0. The fraction of sp³-hybridized carbons (Fsp3) is 0.333. The Balaban J connectivity index is 1.64. The van der Waals surface area contributed by atoms with Gasteiger partial charge >= 0.3 is 5.97 Å². The Morgan fingerprint density at radius 2 is 2.31 bits per heavy atom. The molecule has 0 saturated carbocycles. The van der Waals surface area contributed by atoms with Crippen molar-refractivity contribution in [1.82, 2.24) is 14.5 Å². The van der Waals surface area contributed by atoms with E-state index in [-0.39, 0.29) is 18.6 Å². The molecular weight excluding hydrogens is 372 g/mol. The molecule has 0 N–H and O–H groups in total. The van der Waals surface area contributed by atoms with Crippen LogP contribution in [0.4, 0.5) is 0 Å². The van der Waals surface area contributed by atoms with E-state index in [0.29, 0.717) is 29.1 Å². The summed E-state index contributed by atoms with van der Waals surface area (Å²) in [6.07, 6.45) is 8.58. The van der Waals surface area contributed by atoms with Gasteiger partial charge in [-0.05, 0) is 31.5 Å². The van der Waals surface area contributed by atoms with Crippen molar-refractivity contribution in [2.24, 2.45) is 4.99 Å². The van der Waals surface area contributed by atoms with Gasteiger partial charge in [-0.1, -0.05) is 5.92 Å². The molecule has 146 valence electrons. The minimum Gasteiger partial charge on any atom is -0.471 e. The zero-order chi connectivity index (χ0) is 20.1. The molecule has 1 aromatic carbocycles. The minimum atomic E-state index is -0.815. The molecule has 0 aliphatic carbocycles. The van der Waals surface area contributed by atoms with Crippen LogP contribution in [0.3, 0.4) is 0 Å². The van der Waals surface area contributed by atoms with E-state index < -0.39 is 18.1 Å². The Kier molecular flexibility index (Phi) is 3.91. The number of fused-ring (bicyclic) bond motifs is 5. The molecule has 4 heterocycles. The summed E-state index contributed by atoms with van der Waals surface area (Å²) in [5, 5.41) is 0. The molecule has 8 heteroatoms. The van der Waals surface area contributed by atoms with Crippen molar-refractivity contribution in [3.05, 3.63) is 47.0 Å². The number of hydrogen-bond donors (Lipinski definition) is 0. The largest absolute Gasteiger partial charge is 0.471 e. The predicted molar refractivity (Wildman–Crippen MR) is 103 cm³/mol.